The molecular weight excluding hydrogens is 254 g/mol. The zero-order valence-corrected chi connectivity index (χ0v) is 11.1. The lowest BCUT2D eigenvalue weighted by molar-refractivity contribution is -0.138. The van der Waals surface area contributed by atoms with Gasteiger partial charge in [0.15, 0.2) is 5.13 Å². The van der Waals surface area contributed by atoms with E-state index in [2.05, 4.69) is 10.3 Å². The van der Waals surface area contributed by atoms with Gasteiger partial charge < -0.3 is 15.3 Å². The molecule has 6 nitrogen and oxygen atoms in total. The van der Waals surface area contributed by atoms with Gasteiger partial charge in [0, 0.05) is 19.0 Å². The van der Waals surface area contributed by atoms with E-state index in [-0.39, 0.29) is 12.5 Å². The van der Waals surface area contributed by atoms with Gasteiger partial charge in [-0.1, -0.05) is 0 Å². The summed E-state index contributed by atoms with van der Waals surface area (Å²) in [5, 5.41) is 12.6. The highest BCUT2D eigenvalue weighted by atomic mass is 32.1. The molecule has 1 heterocycles. The summed E-state index contributed by atoms with van der Waals surface area (Å²) in [5.41, 5.74) is 0.660. The predicted octanol–water partition coefficient (Wildman–Crippen LogP) is 0.758. The van der Waals surface area contributed by atoms with Crippen LogP contribution in [0.15, 0.2) is 0 Å². The maximum Gasteiger partial charge on any atom is 0.312 e. The van der Waals surface area contributed by atoms with Crippen LogP contribution in [0, 0.1) is 0 Å². The van der Waals surface area contributed by atoms with Crippen LogP contribution in [0.3, 0.4) is 0 Å². The first-order valence-corrected chi connectivity index (χ1v) is 6.47. The molecule has 0 fully saturated rings. The lowest BCUT2D eigenvalue weighted by Gasteiger charge is -2.10. The van der Waals surface area contributed by atoms with Crippen molar-refractivity contribution in [3.05, 3.63) is 10.6 Å². The third kappa shape index (κ3) is 2.45. The molecule has 0 spiro atoms. The number of nitrogens with one attached hydrogen (secondary N) is 1. The summed E-state index contributed by atoms with van der Waals surface area (Å²) in [6.07, 6.45) is 1.38. The third-order valence-electron chi connectivity index (χ3n) is 2.91. The van der Waals surface area contributed by atoms with Crippen molar-refractivity contribution in [3.8, 4) is 0 Å². The van der Waals surface area contributed by atoms with E-state index in [1.807, 2.05) is 0 Å². The van der Waals surface area contributed by atoms with Crippen molar-refractivity contribution in [2.45, 2.75) is 18.8 Å². The van der Waals surface area contributed by atoms with Crippen LogP contribution in [0.5, 0.6) is 0 Å². The highest BCUT2D eigenvalue weighted by molar-refractivity contribution is 7.15. The molecule has 1 aromatic heterocycles. The van der Waals surface area contributed by atoms with Gasteiger partial charge in [-0.25, -0.2) is 4.98 Å². The van der Waals surface area contributed by atoms with Crippen molar-refractivity contribution in [1.82, 2.24) is 9.88 Å². The van der Waals surface area contributed by atoms with Crippen molar-refractivity contribution < 1.29 is 14.7 Å². The predicted molar refractivity (Wildman–Crippen MR) is 68.0 cm³/mol. The molecule has 0 bridgehead atoms. The Morgan fingerprint density at radius 3 is 2.89 bits per heavy atom. The van der Waals surface area contributed by atoms with Crippen LogP contribution in [0.25, 0.3) is 0 Å². The van der Waals surface area contributed by atoms with Gasteiger partial charge in [-0.3, -0.25) is 9.59 Å². The van der Waals surface area contributed by atoms with E-state index in [0.29, 0.717) is 17.2 Å². The molecule has 0 radical (unpaired) electrons. The highest BCUT2D eigenvalue weighted by Crippen LogP contribution is 2.38. The minimum atomic E-state index is -0.824. The summed E-state index contributed by atoms with van der Waals surface area (Å²) in [5.74, 6) is -1.36. The number of thiazole rings is 1. The molecule has 1 unspecified atom stereocenters. The van der Waals surface area contributed by atoms with Gasteiger partial charge in [0.25, 0.3) is 0 Å². The van der Waals surface area contributed by atoms with E-state index < -0.39 is 11.9 Å². The molecular formula is C11H15N3O3S. The van der Waals surface area contributed by atoms with Gasteiger partial charge in [-0.05, 0) is 12.8 Å². The number of rotatable bonds is 4. The Morgan fingerprint density at radius 2 is 2.28 bits per heavy atom. The van der Waals surface area contributed by atoms with Crippen molar-refractivity contribution in [1.29, 1.82) is 0 Å². The quantitative estimate of drug-likeness (QED) is 0.843. The molecule has 1 aliphatic carbocycles. The van der Waals surface area contributed by atoms with Crippen LogP contribution in [-0.2, 0) is 16.0 Å². The Balaban J connectivity index is 2.03. The fourth-order valence-corrected chi connectivity index (χ4v) is 2.89. The van der Waals surface area contributed by atoms with Crippen LogP contribution >= 0.6 is 11.3 Å². The smallest absolute Gasteiger partial charge is 0.312 e. The lowest BCUT2D eigenvalue weighted by Crippen LogP contribution is -2.28. The zero-order chi connectivity index (χ0) is 13.3. The average molecular weight is 269 g/mol. The summed E-state index contributed by atoms with van der Waals surface area (Å²) in [6, 6.07) is 0. The van der Waals surface area contributed by atoms with Crippen LogP contribution in [0.1, 0.15) is 22.9 Å². The number of hydrogen-bond donors (Lipinski definition) is 2. The molecule has 7 heteroatoms. The second-order valence-corrected chi connectivity index (χ2v) is 5.48. The third-order valence-corrected chi connectivity index (χ3v) is 3.99. The van der Waals surface area contributed by atoms with E-state index >= 15 is 0 Å². The van der Waals surface area contributed by atoms with Crippen molar-refractivity contribution in [2.24, 2.45) is 0 Å². The Bertz CT molecular complexity index is 484. The van der Waals surface area contributed by atoms with E-state index in [4.69, 9.17) is 5.11 Å². The van der Waals surface area contributed by atoms with Crippen molar-refractivity contribution in [2.75, 3.05) is 26.0 Å². The zero-order valence-electron chi connectivity index (χ0n) is 10.3. The minimum Gasteiger partial charge on any atom is -0.481 e. The first kappa shape index (κ1) is 12.8. The monoisotopic (exact) mass is 269 g/mol. The highest BCUT2D eigenvalue weighted by Gasteiger charge is 2.32. The van der Waals surface area contributed by atoms with Crippen molar-refractivity contribution >= 4 is 28.3 Å². The molecule has 1 amide bonds. The molecule has 98 valence electrons. The number of aromatic nitrogens is 1. The summed E-state index contributed by atoms with van der Waals surface area (Å²) in [4.78, 5) is 29.2. The maximum atomic E-state index is 11.4. The van der Waals surface area contributed by atoms with Crippen molar-refractivity contribution in [3.63, 3.8) is 0 Å². The molecule has 18 heavy (non-hydrogen) atoms. The molecule has 1 aliphatic rings. The van der Waals surface area contributed by atoms with E-state index in [0.717, 1.165) is 11.3 Å². The topological polar surface area (TPSA) is 82.5 Å². The number of fused-ring (bicyclic) bond motifs is 1. The molecule has 1 atom stereocenters. The van der Waals surface area contributed by atoms with Crippen LogP contribution in [0.2, 0.25) is 0 Å². The first-order valence-electron chi connectivity index (χ1n) is 5.65. The minimum absolute atomic E-state index is 0.0415. The molecule has 0 aromatic carbocycles. The van der Waals surface area contributed by atoms with Gasteiger partial charge in [0.1, 0.15) is 5.92 Å². The number of carboxylic acids is 1. The summed E-state index contributed by atoms with van der Waals surface area (Å²) in [7, 11) is 3.37. The normalized spacial score (nSPS) is 17.3. The number of carboxylic acid groups (broad SMARTS) is 1. The molecule has 2 rings (SSSR count). The van der Waals surface area contributed by atoms with Gasteiger partial charge >= 0.3 is 5.97 Å². The number of anilines is 1. The van der Waals surface area contributed by atoms with Crippen LogP contribution in [-0.4, -0.2) is 47.5 Å². The maximum absolute atomic E-state index is 11.4. The van der Waals surface area contributed by atoms with E-state index in [1.54, 1.807) is 14.1 Å². The average Bonchev–Trinajstić information content (AvgIpc) is 2.83. The van der Waals surface area contributed by atoms with Gasteiger partial charge in [-0.15, -0.1) is 11.3 Å². The standard InChI is InChI=1S/C11H15N3O3S/c1-14(2)8(15)5-12-11-13-9-6(10(16)17)3-4-7(9)18-11/h6H,3-5H2,1-2H3,(H,12,13)(H,16,17). The first-order chi connectivity index (χ1) is 8.49. The molecule has 2 N–H and O–H groups in total. The summed E-state index contributed by atoms with van der Waals surface area (Å²) < 4.78 is 0. The van der Waals surface area contributed by atoms with Crippen LogP contribution < -0.4 is 5.32 Å². The number of likely N-dealkylation sites (N-methyl/N-ethyl adjacent to an activating group) is 1. The van der Waals surface area contributed by atoms with Gasteiger partial charge in [0.05, 0.1) is 12.2 Å². The number of hydrogen-bond acceptors (Lipinski definition) is 5. The second-order valence-electron chi connectivity index (χ2n) is 4.40. The Labute approximate surface area is 109 Å². The van der Waals surface area contributed by atoms with Gasteiger partial charge in [-0.2, -0.15) is 0 Å². The second kappa shape index (κ2) is 4.93. The number of aryl methyl sites for hydroxylation is 1. The van der Waals surface area contributed by atoms with E-state index in [1.165, 1.54) is 16.2 Å². The summed E-state index contributed by atoms with van der Waals surface area (Å²) in [6.45, 7) is 0.178. The fourth-order valence-electron chi connectivity index (χ4n) is 1.85. The molecule has 1 aromatic rings. The Morgan fingerprint density at radius 1 is 1.56 bits per heavy atom. The van der Waals surface area contributed by atoms with Gasteiger partial charge in [0.2, 0.25) is 5.91 Å². The number of nitrogens with zero attached hydrogens (tertiary/aromatic N) is 2. The fraction of sp³-hybridized carbons (Fsp3) is 0.545. The SMILES string of the molecule is CN(C)C(=O)CNc1nc2c(s1)CCC2C(=O)O. The number of amides is 1. The summed E-state index contributed by atoms with van der Waals surface area (Å²) >= 11 is 1.44. The molecule has 0 saturated heterocycles. The lowest BCUT2D eigenvalue weighted by atomic mass is 10.1. The molecule has 0 saturated carbocycles. The Hall–Kier alpha value is -1.63. The number of carbonyl (C=O) groups excluding carboxylic acids is 1. The number of carbonyl (C=O) groups is 2. The van der Waals surface area contributed by atoms with Crippen LogP contribution in [0.4, 0.5) is 5.13 Å². The number of aliphatic carboxylic acids is 1. The Kier molecular flexibility index (Phi) is 3.51. The largest absolute Gasteiger partial charge is 0.481 e. The van der Waals surface area contributed by atoms with E-state index in [9.17, 15) is 9.59 Å². The molecule has 0 aliphatic heterocycles.